The predicted octanol–water partition coefficient (Wildman–Crippen LogP) is 1.30. The van der Waals surface area contributed by atoms with E-state index in [1.54, 1.807) is 19.1 Å². The first-order valence-corrected chi connectivity index (χ1v) is 6.38. The van der Waals surface area contributed by atoms with Crippen LogP contribution in [-0.2, 0) is 11.2 Å². The highest BCUT2D eigenvalue weighted by atomic mass is 16.6. The van der Waals surface area contributed by atoms with E-state index in [9.17, 15) is 19.7 Å². The second-order valence-corrected chi connectivity index (χ2v) is 4.57. The lowest BCUT2D eigenvalue weighted by Gasteiger charge is -2.12. The number of nitro groups is 1. The zero-order valence-electron chi connectivity index (χ0n) is 11.5. The van der Waals surface area contributed by atoms with Crippen molar-refractivity contribution >= 4 is 17.7 Å². The summed E-state index contributed by atoms with van der Waals surface area (Å²) in [6.07, 6.45) is 0.383. The van der Waals surface area contributed by atoms with Crippen molar-refractivity contribution in [1.82, 2.24) is 10.6 Å². The second-order valence-electron chi connectivity index (χ2n) is 4.57. The lowest BCUT2D eigenvalue weighted by molar-refractivity contribution is -0.384. The maximum absolute atomic E-state index is 11.5. The third kappa shape index (κ3) is 6.37. The standard InChI is InChI=1S/C13H17N3O5/c1-9(8-12(17)18)15-13(19)14-7-6-10-2-4-11(5-3-10)16(20)21/h2-5,9H,6-8H2,1H3,(H,17,18)(H2,14,15,19). The highest BCUT2D eigenvalue weighted by Gasteiger charge is 2.10. The third-order valence-corrected chi connectivity index (χ3v) is 2.70. The molecule has 3 N–H and O–H groups in total. The molecule has 0 saturated carbocycles. The van der Waals surface area contributed by atoms with E-state index in [0.717, 1.165) is 5.56 Å². The van der Waals surface area contributed by atoms with Crippen molar-refractivity contribution in [1.29, 1.82) is 0 Å². The van der Waals surface area contributed by atoms with Gasteiger partial charge < -0.3 is 15.7 Å². The smallest absolute Gasteiger partial charge is 0.315 e. The van der Waals surface area contributed by atoms with Crippen LogP contribution in [0.25, 0.3) is 0 Å². The molecule has 1 unspecified atom stereocenters. The fourth-order valence-corrected chi connectivity index (χ4v) is 1.69. The summed E-state index contributed by atoms with van der Waals surface area (Å²) in [4.78, 5) is 31.9. The van der Waals surface area contributed by atoms with Gasteiger partial charge in [-0.3, -0.25) is 14.9 Å². The minimum atomic E-state index is -0.978. The molecule has 0 aromatic heterocycles. The molecule has 8 heteroatoms. The maximum Gasteiger partial charge on any atom is 0.315 e. The summed E-state index contributed by atoms with van der Waals surface area (Å²) < 4.78 is 0. The van der Waals surface area contributed by atoms with Crippen molar-refractivity contribution in [2.24, 2.45) is 0 Å². The molecule has 1 atom stereocenters. The highest BCUT2D eigenvalue weighted by Crippen LogP contribution is 2.11. The number of carbonyl (C=O) groups excluding carboxylic acids is 1. The van der Waals surface area contributed by atoms with Crippen molar-refractivity contribution in [2.45, 2.75) is 25.8 Å². The van der Waals surface area contributed by atoms with Gasteiger partial charge in [-0.1, -0.05) is 12.1 Å². The fraction of sp³-hybridized carbons (Fsp3) is 0.385. The van der Waals surface area contributed by atoms with Crippen molar-refractivity contribution in [2.75, 3.05) is 6.54 Å². The van der Waals surface area contributed by atoms with Crippen molar-refractivity contribution in [3.8, 4) is 0 Å². The van der Waals surface area contributed by atoms with Crippen LogP contribution < -0.4 is 10.6 Å². The topological polar surface area (TPSA) is 122 Å². The number of urea groups is 1. The summed E-state index contributed by atoms with van der Waals surface area (Å²) in [6.45, 7) is 1.95. The van der Waals surface area contributed by atoms with E-state index in [0.29, 0.717) is 13.0 Å². The minimum Gasteiger partial charge on any atom is -0.481 e. The van der Waals surface area contributed by atoms with Gasteiger partial charge in [0.25, 0.3) is 5.69 Å². The van der Waals surface area contributed by atoms with Gasteiger partial charge in [-0.2, -0.15) is 0 Å². The highest BCUT2D eigenvalue weighted by molar-refractivity contribution is 5.75. The number of carbonyl (C=O) groups is 2. The summed E-state index contributed by atoms with van der Waals surface area (Å²) in [7, 11) is 0. The monoisotopic (exact) mass is 295 g/mol. The van der Waals surface area contributed by atoms with Gasteiger partial charge in [0.2, 0.25) is 0 Å². The van der Waals surface area contributed by atoms with Crippen LogP contribution in [0.5, 0.6) is 0 Å². The molecule has 0 aliphatic heterocycles. The number of rotatable bonds is 7. The normalized spacial score (nSPS) is 11.5. The Balaban J connectivity index is 2.31. The largest absolute Gasteiger partial charge is 0.481 e. The molecule has 21 heavy (non-hydrogen) atoms. The number of aliphatic carboxylic acids is 1. The number of nitrogens with one attached hydrogen (secondary N) is 2. The third-order valence-electron chi connectivity index (χ3n) is 2.70. The average molecular weight is 295 g/mol. The van der Waals surface area contributed by atoms with E-state index in [1.165, 1.54) is 12.1 Å². The van der Waals surface area contributed by atoms with Gasteiger partial charge in [0.05, 0.1) is 11.3 Å². The molecule has 0 aliphatic rings. The van der Waals surface area contributed by atoms with Crippen molar-refractivity contribution in [3.05, 3.63) is 39.9 Å². The summed E-state index contributed by atoms with van der Waals surface area (Å²) in [5.41, 5.74) is 0.881. The van der Waals surface area contributed by atoms with E-state index in [-0.39, 0.29) is 12.1 Å². The van der Waals surface area contributed by atoms with Crippen molar-refractivity contribution in [3.63, 3.8) is 0 Å². The predicted molar refractivity (Wildman–Crippen MR) is 75.0 cm³/mol. The molecule has 1 rings (SSSR count). The van der Waals surface area contributed by atoms with E-state index in [2.05, 4.69) is 10.6 Å². The summed E-state index contributed by atoms with van der Waals surface area (Å²) >= 11 is 0. The van der Waals surface area contributed by atoms with Crippen LogP contribution in [0, 0.1) is 10.1 Å². The number of carboxylic acid groups (broad SMARTS) is 1. The van der Waals surface area contributed by atoms with E-state index in [4.69, 9.17) is 5.11 Å². The van der Waals surface area contributed by atoms with Crippen LogP contribution in [-0.4, -0.2) is 34.6 Å². The first-order valence-electron chi connectivity index (χ1n) is 6.38. The van der Waals surface area contributed by atoms with Crippen molar-refractivity contribution < 1.29 is 19.6 Å². The fourth-order valence-electron chi connectivity index (χ4n) is 1.69. The molecule has 0 bridgehead atoms. The van der Waals surface area contributed by atoms with Gasteiger partial charge in [-0.05, 0) is 18.9 Å². The molecule has 0 fully saturated rings. The first kappa shape index (κ1) is 16.4. The van der Waals surface area contributed by atoms with E-state index >= 15 is 0 Å². The van der Waals surface area contributed by atoms with Gasteiger partial charge in [0, 0.05) is 24.7 Å². The van der Waals surface area contributed by atoms with Crippen LogP contribution in [0.1, 0.15) is 18.9 Å². The van der Waals surface area contributed by atoms with Crippen LogP contribution in [0.2, 0.25) is 0 Å². The summed E-state index contributed by atoms with van der Waals surface area (Å²) in [5, 5.41) is 24.2. The number of non-ortho nitro benzene ring substituents is 1. The Labute approximate surface area is 121 Å². The number of carboxylic acids is 1. The van der Waals surface area contributed by atoms with Gasteiger partial charge >= 0.3 is 12.0 Å². The number of nitro benzene ring substituents is 1. The van der Waals surface area contributed by atoms with E-state index in [1.807, 2.05) is 0 Å². The number of hydrogen-bond acceptors (Lipinski definition) is 4. The Morgan fingerprint density at radius 2 is 1.95 bits per heavy atom. The van der Waals surface area contributed by atoms with Crippen LogP contribution in [0.4, 0.5) is 10.5 Å². The Morgan fingerprint density at radius 3 is 2.48 bits per heavy atom. The Kier molecular flexibility index (Phi) is 6.12. The molecular weight excluding hydrogens is 278 g/mol. The molecule has 0 spiro atoms. The first-order chi connectivity index (χ1) is 9.88. The summed E-state index contributed by atoms with van der Waals surface area (Å²) in [6, 6.07) is 5.18. The molecule has 0 aliphatic carbocycles. The second kappa shape index (κ2) is 7.83. The molecule has 1 aromatic rings. The lowest BCUT2D eigenvalue weighted by atomic mass is 10.1. The quantitative estimate of drug-likeness (QED) is 0.517. The zero-order valence-corrected chi connectivity index (χ0v) is 11.5. The molecule has 0 radical (unpaired) electrons. The van der Waals surface area contributed by atoms with Crippen LogP contribution >= 0.6 is 0 Å². The van der Waals surface area contributed by atoms with E-state index < -0.39 is 23.0 Å². The molecule has 2 amide bonds. The molecule has 0 heterocycles. The molecule has 114 valence electrons. The zero-order chi connectivity index (χ0) is 15.8. The van der Waals surface area contributed by atoms with Gasteiger partial charge in [0.15, 0.2) is 0 Å². The molecule has 8 nitrogen and oxygen atoms in total. The Bertz CT molecular complexity index is 515. The molecule has 0 saturated heterocycles. The maximum atomic E-state index is 11.5. The Hall–Kier alpha value is -2.64. The number of hydrogen-bond donors (Lipinski definition) is 3. The van der Waals surface area contributed by atoms with Crippen LogP contribution in [0.15, 0.2) is 24.3 Å². The summed E-state index contributed by atoms with van der Waals surface area (Å²) in [5.74, 6) is -0.978. The lowest BCUT2D eigenvalue weighted by Crippen LogP contribution is -2.42. The SMILES string of the molecule is CC(CC(=O)O)NC(=O)NCCc1ccc([N+](=O)[O-])cc1. The number of amides is 2. The average Bonchev–Trinajstić information content (AvgIpc) is 2.38. The van der Waals surface area contributed by atoms with Gasteiger partial charge in [-0.25, -0.2) is 4.79 Å². The molecular formula is C13H17N3O5. The number of benzene rings is 1. The minimum absolute atomic E-state index is 0.0203. The number of nitrogens with zero attached hydrogens (tertiary/aromatic N) is 1. The van der Waals surface area contributed by atoms with Crippen LogP contribution in [0.3, 0.4) is 0 Å². The molecule has 1 aromatic carbocycles. The van der Waals surface area contributed by atoms with Gasteiger partial charge in [0.1, 0.15) is 0 Å². The van der Waals surface area contributed by atoms with Gasteiger partial charge in [-0.15, -0.1) is 0 Å². The Morgan fingerprint density at radius 1 is 1.33 bits per heavy atom.